The van der Waals surface area contributed by atoms with E-state index in [1.165, 1.54) is 0 Å². The van der Waals surface area contributed by atoms with E-state index < -0.39 is 0 Å². The zero-order valence-corrected chi connectivity index (χ0v) is 15.2. The number of carbonyl (C=O) groups is 1. The number of hydrogen-bond donors (Lipinski definition) is 3. The largest absolute Gasteiger partial charge is 0.436 e. The molecule has 0 unspecified atom stereocenters. The van der Waals surface area contributed by atoms with Gasteiger partial charge in [-0.3, -0.25) is 4.79 Å². The predicted octanol–water partition coefficient (Wildman–Crippen LogP) is 2.65. The van der Waals surface area contributed by atoms with Gasteiger partial charge in [-0.25, -0.2) is 9.97 Å². The van der Waals surface area contributed by atoms with Gasteiger partial charge in [0, 0.05) is 12.1 Å². The molecule has 0 saturated heterocycles. The van der Waals surface area contributed by atoms with Crippen LogP contribution in [0.25, 0.3) is 11.0 Å². The first-order valence-corrected chi connectivity index (χ1v) is 8.81. The molecule has 0 bridgehead atoms. The maximum absolute atomic E-state index is 12.1. The average Bonchev–Trinajstić information content (AvgIpc) is 2.69. The van der Waals surface area contributed by atoms with E-state index in [1.807, 2.05) is 0 Å². The van der Waals surface area contributed by atoms with Gasteiger partial charge in [-0.05, 0) is 48.9 Å². The van der Waals surface area contributed by atoms with Crippen molar-refractivity contribution in [1.82, 2.24) is 15.3 Å². The van der Waals surface area contributed by atoms with Gasteiger partial charge in [-0.15, -0.1) is 0 Å². The summed E-state index contributed by atoms with van der Waals surface area (Å²) in [5, 5.41) is 12.0. The van der Waals surface area contributed by atoms with Crippen molar-refractivity contribution in [1.29, 1.82) is 0 Å². The lowest BCUT2D eigenvalue weighted by Gasteiger charge is -2.09. The molecule has 0 atom stereocenters. The van der Waals surface area contributed by atoms with Crippen molar-refractivity contribution < 1.29 is 14.6 Å². The summed E-state index contributed by atoms with van der Waals surface area (Å²) in [6.45, 7) is 0.991. The van der Waals surface area contributed by atoms with Gasteiger partial charge in [-0.1, -0.05) is 23.7 Å². The molecule has 0 fully saturated rings. The second kappa shape index (κ2) is 8.77. The molecule has 7 nitrogen and oxygen atoms in total. The number of carbonyl (C=O) groups excluding carboxylic acids is 1. The Hall–Kier alpha value is -2.74. The van der Waals surface area contributed by atoms with Gasteiger partial charge in [0.2, 0.25) is 0 Å². The van der Waals surface area contributed by atoms with Gasteiger partial charge in [0.05, 0.1) is 17.6 Å². The summed E-state index contributed by atoms with van der Waals surface area (Å²) in [5.41, 5.74) is 7.72. The number of amides is 1. The summed E-state index contributed by atoms with van der Waals surface area (Å²) >= 11 is 6.19. The fraction of sp³-hybridized carbons (Fsp3) is 0.211. The predicted molar refractivity (Wildman–Crippen MR) is 103 cm³/mol. The standard InChI is InChI=1S/C19H19ClN4O3/c20-17-19(27-14-5-2-12(11-25)3-6-14)24-15-7-4-13(10-16(15)23-17)18(26)22-9-1-8-21/h2-7,10,25H,1,8-9,11,21H2,(H,22,26). The van der Waals surface area contributed by atoms with E-state index in [2.05, 4.69) is 15.3 Å². The number of ether oxygens (including phenoxy) is 1. The van der Waals surface area contributed by atoms with E-state index in [-0.39, 0.29) is 23.5 Å². The zero-order valence-electron chi connectivity index (χ0n) is 14.5. The third-order valence-corrected chi connectivity index (χ3v) is 4.09. The summed E-state index contributed by atoms with van der Waals surface area (Å²) < 4.78 is 5.68. The number of nitrogens with zero attached hydrogens (tertiary/aromatic N) is 2. The van der Waals surface area contributed by atoms with Gasteiger partial charge in [0.15, 0.2) is 5.15 Å². The molecule has 1 heterocycles. The minimum absolute atomic E-state index is 0.0427. The number of fused-ring (bicyclic) bond motifs is 1. The highest BCUT2D eigenvalue weighted by molar-refractivity contribution is 6.31. The van der Waals surface area contributed by atoms with Crippen LogP contribution in [0.3, 0.4) is 0 Å². The third kappa shape index (κ3) is 4.71. The van der Waals surface area contributed by atoms with Crippen LogP contribution < -0.4 is 15.8 Å². The molecule has 2 aromatic carbocycles. The summed E-state index contributed by atoms with van der Waals surface area (Å²) in [7, 11) is 0. The molecule has 0 radical (unpaired) electrons. The maximum atomic E-state index is 12.1. The van der Waals surface area contributed by atoms with Crippen molar-refractivity contribution in [3.63, 3.8) is 0 Å². The number of halogens is 1. The van der Waals surface area contributed by atoms with Gasteiger partial charge in [-0.2, -0.15) is 0 Å². The minimum Gasteiger partial charge on any atom is -0.436 e. The lowest BCUT2D eigenvalue weighted by atomic mass is 10.2. The van der Waals surface area contributed by atoms with Crippen molar-refractivity contribution >= 4 is 28.5 Å². The number of rotatable bonds is 7. The van der Waals surface area contributed by atoms with Crippen LogP contribution in [0.1, 0.15) is 22.3 Å². The number of hydrogen-bond acceptors (Lipinski definition) is 6. The van der Waals surface area contributed by atoms with Crippen molar-refractivity contribution in [3.8, 4) is 11.6 Å². The quantitative estimate of drug-likeness (QED) is 0.538. The Morgan fingerprint density at radius 1 is 1.15 bits per heavy atom. The first-order chi connectivity index (χ1) is 13.1. The van der Waals surface area contributed by atoms with Gasteiger partial charge >= 0.3 is 0 Å². The number of benzene rings is 2. The van der Waals surface area contributed by atoms with Gasteiger partial charge < -0.3 is 20.9 Å². The van der Waals surface area contributed by atoms with E-state index >= 15 is 0 Å². The average molecular weight is 387 g/mol. The van der Waals surface area contributed by atoms with Crippen LogP contribution in [0.4, 0.5) is 0 Å². The zero-order chi connectivity index (χ0) is 19.2. The van der Waals surface area contributed by atoms with Crippen LogP contribution in [-0.4, -0.2) is 34.1 Å². The van der Waals surface area contributed by atoms with E-state index in [0.717, 1.165) is 5.56 Å². The summed E-state index contributed by atoms with van der Waals surface area (Å²) in [4.78, 5) is 20.8. The van der Waals surface area contributed by atoms with Crippen molar-refractivity contribution in [2.75, 3.05) is 13.1 Å². The highest BCUT2D eigenvalue weighted by atomic mass is 35.5. The third-order valence-electron chi connectivity index (χ3n) is 3.84. The Morgan fingerprint density at radius 3 is 2.63 bits per heavy atom. The second-order valence-electron chi connectivity index (χ2n) is 5.83. The fourth-order valence-electron chi connectivity index (χ4n) is 2.40. The van der Waals surface area contributed by atoms with Crippen molar-refractivity contribution in [2.24, 2.45) is 5.73 Å². The summed E-state index contributed by atoms with van der Waals surface area (Å²) in [5.74, 6) is 0.493. The number of nitrogens with two attached hydrogens (primary N) is 1. The van der Waals surface area contributed by atoms with Crippen LogP contribution in [0, 0.1) is 0 Å². The molecule has 1 amide bonds. The number of aliphatic hydroxyl groups is 1. The Balaban J connectivity index is 1.81. The number of aliphatic hydroxyl groups excluding tert-OH is 1. The maximum Gasteiger partial charge on any atom is 0.258 e. The highest BCUT2D eigenvalue weighted by Crippen LogP contribution is 2.28. The summed E-state index contributed by atoms with van der Waals surface area (Å²) in [6, 6.07) is 11.9. The van der Waals surface area contributed by atoms with E-state index in [1.54, 1.807) is 42.5 Å². The van der Waals surface area contributed by atoms with Gasteiger partial charge in [0.25, 0.3) is 11.8 Å². The molecule has 8 heteroatoms. The smallest absolute Gasteiger partial charge is 0.258 e. The molecule has 3 aromatic rings. The molecule has 1 aromatic heterocycles. The molecule has 0 aliphatic rings. The van der Waals surface area contributed by atoms with E-state index in [9.17, 15) is 4.79 Å². The minimum atomic E-state index is -0.201. The first kappa shape index (κ1) is 19.0. The number of nitrogens with one attached hydrogen (secondary N) is 1. The topological polar surface area (TPSA) is 110 Å². The van der Waals surface area contributed by atoms with Crippen LogP contribution in [0.15, 0.2) is 42.5 Å². The van der Waals surface area contributed by atoms with Crippen LogP contribution in [-0.2, 0) is 6.61 Å². The lowest BCUT2D eigenvalue weighted by molar-refractivity contribution is 0.0953. The summed E-state index contributed by atoms with van der Waals surface area (Å²) in [6.07, 6.45) is 0.713. The van der Waals surface area contributed by atoms with Gasteiger partial charge in [0.1, 0.15) is 5.75 Å². The Kier molecular flexibility index (Phi) is 6.18. The fourth-order valence-corrected chi connectivity index (χ4v) is 2.58. The van der Waals surface area contributed by atoms with E-state index in [4.69, 9.17) is 27.2 Å². The first-order valence-electron chi connectivity index (χ1n) is 8.44. The molecular formula is C19H19ClN4O3. The molecule has 0 aliphatic carbocycles. The monoisotopic (exact) mass is 386 g/mol. The molecule has 27 heavy (non-hydrogen) atoms. The van der Waals surface area contributed by atoms with Crippen LogP contribution in [0.5, 0.6) is 11.6 Å². The second-order valence-corrected chi connectivity index (χ2v) is 6.18. The highest BCUT2D eigenvalue weighted by Gasteiger charge is 2.12. The van der Waals surface area contributed by atoms with E-state index in [0.29, 0.717) is 41.9 Å². The van der Waals surface area contributed by atoms with Crippen molar-refractivity contribution in [2.45, 2.75) is 13.0 Å². The molecule has 3 rings (SSSR count). The van der Waals surface area contributed by atoms with Crippen LogP contribution >= 0.6 is 11.6 Å². The Labute approximate surface area is 161 Å². The molecular weight excluding hydrogens is 368 g/mol. The van der Waals surface area contributed by atoms with Crippen LogP contribution in [0.2, 0.25) is 5.15 Å². The molecule has 0 aliphatic heterocycles. The lowest BCUT2D eigenvalue weighted by Crippen LogP contribution is -2.25. The Morgan fingerprint density at radius 2 is 1.93 bits per heavy atom. The molecule has 0 spiro atoms. The Bertz CT molecular complexity index is 948. The normalized spacial score (nSPS) is 10.8. The number of aromatic nitrogens is 2. The SMILES string of the molecule is NCCCNC(=O)c1ccc2nc(Oc3ccc(CO)cc3)c(Cl)nc2c1. The molecule has 140 valence electrons. The molecule has 4 N–H and O–H groups in total. The molecule has 0 saturated carbocycles. The van der Waals surface area contributed by atoms with Crippen molar-refractivity contribution in [3.05, 3.63) is 58.7 Å².